The molecule has 1 N–H and O–H groups in total. The highest BCUT2D eigenvalue weighted by Gasteiger charge is 2.04. The van der Waals surface area contributed by atoms with E-state index in [0.29, 0.717) is 5.75 Å². The molecule has 0 radical (unpaired) electrons. The predicted molar refractivity (Wildman–Crippen MR) is 97.4 cm³/mol. The lowest BCUT2D eigenvalue weighted by Crippen LogP contribution is -2.13. The molecular formula is C18H14BrNOS. The van der Waals surface area contributed by atoms with Crippen LogP contribution in [0.2, 0.25) is 0 Å². The Labute approximate surface area is 142 Å². The van der Waals surface area contributed by atoms with Crippen LogP contribution in [0.15, 0.2) is 76.1 Å². The van der Waals surface area contributed by atoms with Crippen LogP contribution in [0, 0.1) is 0 Å². The average Bonchev–Trinajstić information content (AvgIpc) is 2.53. The lowest BCUT2D eigenvalue weighted by molar-refractivity contribution is -0.113. The van der Waals surface area contributed by atoms with Crippen LogP contribution in [0.4, 0.5) is 5.69 Å². The fourth-order valence-electron chi connectivity index (χ4n) is 2.17. The molecule has 0 fully saturated rings. The minimum atomic E-state index is -0.00346. The number of nitrogens with one attached hydrogen (secondary N) is 1. The molecule has 0 aliphatic carbocycles. The van der Waals surface area contributed by atoms with Crippen molar-refractivity contribution in [2.75, 3.05) is 11.1 Å². The summed E-state index contributed by atoms with van der Waals surface area (Å²) in [5.74, 6) is 0.390. The predicted octanol–water partition coefficient (Wildman–Crippen LogP) is 5.33. The molecule has 0 aliphatic rings. The first-order valence-electron chi connectivity index (χ1n) is 6.88. The summed E-state index contributed by atoms with van der Waals surface area (Å²) in [6.07, 6.45) is 0. The van der Waals surface area contributed by atoms with Gasteiger partial charge < -0.3 is 5.32 Å². The Morgan fingerprint density at radius 1 is 0.955 bits per heavy atom. The van der Waals surface area contributed by atoms with Crippen molar-refractivity contribution in [2.24, 2.45) is 0 Å². The number of hydrogen-bond donors (Lipinski definition) is 1. The molecule has 1 amide bonds. The minimum absolute atomic E-state index is 0.00346. The lowest BCUT2D eigenvalue weighted by Gasteiger charge is -2.06. The molecule has 22 heavy (non-hydrogen) atoms. The number of fused-ring (bicyclic) bond motifs is 1. The Morgan fingerprint density at radius 3 is 2.59 bits per heavy atom. The zero-order chi connectivity index (χ0) is 15.4. The van der Waals surface area contributed by atoms with Gasteiger partial charge in [-0.2, -0.15) is 0 Å². The first kappa shape index (κ1) is 15.1. The van der Waals surface area contributed by atoms with Gasteiger partial charge in [0.05, 0.1) is 5.75 Å². The molecule has 0 bridgehead atoms. The van der Waals surface area contributed by atoms with E-state index >= 15 is 0 Å². The highest BCUT2D eigenvalue weighted by atomic mass is 79.9. The fraction of sp³-hybridized carbons (Fsp3) is 0.0556. The first-order valence-corrected chi connectivity index (χ1v) is 8.65. The van der Waals surface area contributed by atoms with E-state index in [1.54, 1.807) is 11.8 Å². The summed E-state index contributed by atoms with van der Waals surface area (Å²) in [7, 11) is 0. The molecule has 0 spiro atoms. The maximum atomic E-state index is 12.0. The third-order valence-corrected chi connectivity index (χ3v) is 4.69. The van der Waals surface area contributed by atoms with Gasteiger partial charge in [0.25, 0.3) is 0 Å². The van der Waals surface area contributed by atoms with Gasteiger partial charge >= 0.3 is 0 Å². The molecule has 3 rings (SSSR count). The molecule has 0 heterocycles. The molecular weight excluding hydrogens is 358 g/mol. The molecule has 2 nitrogen and oxygen atoms in total. The van der Waals surface area contributed by atoms with Gasteiger partial charge in [0.1, 0.15) is 0 Å². The summed E-state index contributed by atoms with van der Waals surface area (Å²) >= 11 is 4.94. The molecule has 110 valence electrons. The summed E-state index contributed by atoms with van der Waals surface area (Å²) in [5.41, 5.74) is 0.804. The molecule has 3 aromatic carbocycles. The largest absolute Gasteiger partial charge is 0.325 e. The van der Waals surface area contributed by atoms with Gasteiger partial charge in [-0.3, -0.25) is 4.79 Å². The number of hydrogen-bond acceptors (Lipinski definition) is 2. The topological polar surface area (TPSA) is 29.1 Å². The average molecular weight is 372 g/mol. The number of anilines is 1. The van der Waals surface area contributed by atoms with Crippen molar-refractivity contribution in [3.05, 3.63) is 71.2 Å². The number of thioether (sulfide) groups is 1. The van der Waals surface area contributed by atoms with Gasteiger partial charge in [0.15, 0.2) is 0 Å². The van der Waals surface area contributed by atoms with Crippen LogP contribution in [-0.2, 0) is 4.79 Å². The Balaban J connectivity index is 1.62. The second-order valence-corrected chi connectivity index (χ2v) is 6.82. The van der Waals surface area contributed by atoms with Crippen LogP contribution in [0.1, 0.15) is 0 Å². The molecule has 4 heteroatoms. The summed E-state index contributed by atoms with van der Waals surface area (Å²) in [6.45, 7) is 0. The molecule has 0 saturated heterocycles. The highest BCUT2D eigenvalue weighted by Crippen LogP contribution is 2.24. The Bertz CT molecular complexity index is 819. The number of rotatable bonds is 4. The molecule has 0 atom stereocenters. The van der Waals surface area contributed by atoms with E-state index in [0.717, 1.165) is 15.1 Å². The maximum Gasteiger partial charge on any atom is 0.234 e. The standard InChI is InChI=1S/C18H14BrNOS/c19-15-6-3-7-16(11-15)20-18(21)12-22-17-9-8-13-4-1-2-5-14(13)10-17/h1-11H,12H2,(H,20,21). The molecule has 0 unspecified atom stereocenters. The Hall–Kier alpha value is -1.78. The van der Waals surface area contributed by atoms with Crippen LogP contribution in [0.3, 0.4) is 0 Å². The van der Waals surface area contributed by atoms with Crippen molar-refractivity contribution in [3.8, 4) is 0 Å². The highest BCUT2D eigenvalue weighted by molar-refractivity contribution is 9.10. The molecule has 3 aromatic rings. The Kier molecular flexibility index (Phi) is 4.80. The first-order chi connectivity index (χ1) is 10.7. The number of carbonyl (C=O) groups is 1. The van der Waals surface area contributed by atoms with E-state index in [4.69, 9.17) is 0 Å². The minimum Gasteiger partial charge on any atom is -0.325 e. The Morgan fingerprint density at radius 2 is 1.77 bits per heavy atom. The van der Waals surface area contributed by atoms with Crippen molar-refractivity contribution in [3.63, 3.8) is 0 Å². The van der Waals surface area contributed by atoms with E-state index < -0.39 is 0 Å². The zero-order valence-electron chi connectivity index (χ0n) is 11.8. The van der Waals surface area contributed by atoms with Gasteiger partial charge in [-0.15, -0.1) is 11.8 Å². The summed E-state index contributed by atoms with van der Waals surface area (Å²) in [5, 5.41) is 5.31. The summed E-state index contributed by atoms with van der Waals surface area (Å²) < 4.78 is 0.951. The van der Waals surface area contributed by atoms with Crippen molar-refractivity contribution >= 4 is 50.1 Å². The maximum absolute atomic E-state index is 12.0. The van der Waals surface area contributed by atoms with E-state index in [1.807, 2.05) is 36.4 Å². The van der Waals surface area contributed by atoms with Crippen molar-refractivity contribution in [1.82, 2.24) is 0 Å². The second kappa shape index (κ2) is 6.99. The van der Waals surface area contributed by atoms with Crippen LogP contribution in [0.5, 0.6) is 0 Å². The van der Waals surface area contributed by atoms with Crippen LogP contribution < -0.4 is 5.32 Å². The lowest BCUT2D eigenvalue weighted by atomic mass is 10.1. The van der Waals surface area contributed by atoms with E-state index in [9.17, 15) is 4.79 Å². The smallest absolute Gasteiger partial charge is 0.234 e. The summed E-state index contributed by atoms with van der Waals surface area (Å²) in [4.78, 5) is 13.1. The van der Waals surface area contributed by atoms with Crippen molar-refractivity contribution in [1.29, 1.82) is 0 Å². The van der Waals surface area contributed by atoms with Crippen LogP contribution in [-0.4, -0.2) is 11.7 Å². The fourth-order valence-corrected chi connectivity index (χ4v) is 3.31. The van der Waals surface area contributed by atoms with Gasteiger partial charge in [0, 0.05) is 15.1 Å². The van der Waals surface area contributed by atoms with Gasteiger partial charge in [-0.05, 0) is 41.1 Å². The van der Waals surface area contributed by atoms with Crippen LogP contribution >= 0.6 is 27.7 Å². The zero-order valence-corrected chi connectivity index (χ0v) is 14.2. The molecule has 0 aromatic heterocycles. The normalized spacial score (nSPS) is 10.6. The number of carbonyl (C=O) groups excluding carboxylic acids is 1. The molecule has 0 saturated carbocycles. The quantitative estimate of drug-likeness (QED) is 0.627. The number of halogens is 1. The third kappa shape index (κ3) is 3.90. The van der Waals surface area contributed by atoms with Crippen LogP contribution in [0.25, 0.3) is 10.8 Å². The van der Waals surface area contributed by atoms with E-state index in [2.05, 4.69) is 51.6 Å². The SMILES string of the molecule is O=C(CSc1ccc2ccccc2c1)Nc1cccc(Br)c1. The van der Waals surface area contributed by atoms with E-state index in [-0.39, 0.29) is 5.91 Å². The van der Waals surface area contributed by atoms with Gasteiger partial charge in [0.2, 0.25) is 5.91 Å². The van der Waals surface area contributed by atoms with Gasteiger partial charge in [-0.25, -0.2) is 0 Å². The second-order valence-electron chi connectivity index (χ2n) is 4.86. The van der Waals surface area contributed by atoms with Crippen molar-refractivity contribution < 1.29 is 4.79 Å². The number of benzene rings is 3. The summed E-state index contributed by atoms with van der Waals surface area (Å²) in [6, 6.07) is 22.1. The van der Waals surface area contributed by atoms with Crippen molar-refractivity contribution in [2.45, 2.75) is 4.90 Å². The molecule has 0 aliphatic heterocycles. The number of amides is 1. The van der Waals surface area contributed by atoms with Gasteiger partial charge in [-0.1, -0.05) is 52.3 Å². The third-order valence-electron chi connectivity index (χ3n) is 3.20. The van der Waals surface area contributed by atoms with E-state index in [1.165, 1.54) is 10.8 Å². The monoisotopic (exact) mass is 371 g/mol.